The van der Waals surface area contributed by atoms with Gasteiger partial charge >= 0.3 is 0 Å². The number of nitrogens with one attached hydrogen (secondary N) is 2. The number of para-hydroxylation sites is 1. The van der Waals surface area contributed by atoms with Crippen LogP contribution in [0.4, 0.5) is 10.1 Å². The summed E-state index contributed by atoms with van der Waals surface area (Å²) >= 11 is 0. The summed E-state index contributed by atoms with van der Waals surface area (Å²) in [7, 11) is -3.47. The molecule has 0 unspecified atom stereocenters. The van der Waals surface area contributed by atoms with Gasteiger partial charge in [0, 0.05) is 13.0 Å². The zero-order valence-corrected chi connectivity index (χ0v) is 14.1. The fourth-order valence-corrected chi connectivity index (χ4v) is 3.18. The zero-order chi connectivity index (χ0) is 17.6. The minimum Gasteiger partial charge on any atom is -0.324 e. The third-order valence-electron chi connectivity index (χ3n) is 3.36. The molecule has 1 amide bonds. The Balaban J connectivity index is 1.93. The van der Waals surface area contributed by atoms with Gasteiger partial charge in [-0.15, -0.1) is 0 Å². The highest BCUT2D eigenvalue weighted by Gasteiger charge is 2.12. The monoisotopic (exact) mass is 350 g/mol. The molecule has 0 saturated carbocycles. The van der Waals surface area contributed by atoms with Crippen LogP contribution >= 0.6 is 0 Å². The molecule has 2 aromatic carbocycles. The molecule has 0 aliphatic carbocycles. The molecule has 2 rings (SSSR count). The van der Waals surface area contributed by atoms with E-state index in [-0.39, 0.29) is 22.9 Å². The van der Waals surface area contributed by atoms with Crippen molar-refractivity contribution in [2.45, 2.75) is 24.7 Å². The Bertz CT molecular complexity index is 805. The van der Waals surface area contributed by atoms with E-state index in [4.69, 9.17) is 0 Å². The van der Waals surface area contributed by atoms with E-state index in [2.05, 4.69) is 10.0 Å². The quantitative estimate of drug-likeness (QED) is 0.806. The van der Waals surface area contributed by atoms with Gasteiger partial charge in [-0.05, 0) is 36.2 Å². The number of carbonyl (C=O) groups excluding carboxylic acids is 1. The SMILES string of the molecule is CCNS(=O)(=O)c1ccc(CCC(=O)Nc2ccccc2F)cc1. The van der Waals surface area contributed by atoms with Gasteiger partial charge in [0.2, 0.25) is 15.9 Å². The predicted molar refractivity (Wildman–Crippen MR) is 90.7 cm³/mol. The van der Waals surface area contributed by atoms with E-state index >= 15 is 0 Å². The highest BCUT2D eigenvalue weighted by atomic mass is 32.2. The lowest BCUT2D eigenvalue weighted by molar-refractivity contribution is -0.116. The smallest absolute Gasteiger partial charge is 0.240 e. The van der Waals surface area contributed by atoms with Crippen LogP contribution in [0.15, 0.2) is 53.4 Å². The van der Waals surface area contributed by atoms with Gasteiger partial charge in [-0.25, -0.2) is 17.5 Å². The first-order valence-electron chi connectivity index (χ1n) is 7.55. The van der Waals surface area contributed by atoms with Gasteiger partial charge in [-0.3, -0.25) is 4.79 Å². The predicted octanol–water partition coefficient (Wildman–Crippen LogP) is 2.70. The van der Waals surface area contributed by atoms with Crippen molar-refractivity contribution in [3.8, 4) is 0 Å². The molecule has 7 heteroatoms. The molecule has 0 fully saturated rings. The van der Waals surface area contributed by atoms with Gasteiger partial charge in [0.05, 0.1) is 10.6 Å². The van der Waals surface area contributed by atoms with Crippen LogP contribution in [0.25, 0.3) is 0 Å². The largest absolute Gasteiger partial charge is 0.324 e. The van der Waals surface area contributed by atoms with E-state index in [1.807, 2.05) is 0 Å². The molecule has 5 nitrogen and oxygen atoms in total. The van der Waals surface area contributed by atoms with Crippen LogP contribution in [0.3, 0.4) is 0 Å². The van der Waals surface area contributed by atoms with Crippen molar-refractivity contribution < 1.29 is 17.6 Å². The van der Waals surface area contributed by atoms with Crippen LogP contribution in [-0.2, 0) is 21.2 Å². The lowest BCUT2D eigenvalue weighted by Crippen LogP contribution is -2.23. The Morgan fingerprint density at radius 1 is 1.08 bits per heavy atom. The summed E-state index contributed by atoms with van der Waals surface area (Å²) in [6.45, 7) is 2.03. The molecular weight excluding hydrogens is 331 g/mol. The molecule has 0 bridgehead atoms. The van der Waals surface area contributed by atoms with E-state index in [0.717, 1.165) is 5.56 Å². The van der Waals surface area contributed by atoms with Crippen molar-refractivity contribution in [3.63, 3.8) is 0 Å². The Labute approximate surface area is 141 Å². The molecule has 0 spiro atoms. The maximum atomic E-state index is 13.5. The number of halogens is 1. The second kappa shape index (κ2) is 8.03. The third-order valence-corrected chi connectivity index (χ3v) is 4.92. The van der Waals surface area contributed by atoms with E-state index < -0.39 is 15.8 Å². The number of sulfonamides is 1. The van der Waals surface area contributed by atoms with Crippen LogP contribution in [-0.4, -0.2) is 20.9 Å². The Morgan fingerprint density at radius 2 is 1.75 bits per heavy atom. The van der Waals surface area contributed by atoms with E-state index in [9.17, 15) is 17.6 Å². The molecule has 2 N–H and O–H groups in total. The van der Waals surface area contributed by atoms with E-state index in [1.54, 1.807) is 31.2 Å². The van der Waals surface area contributed by atoms with Crippen molar-refractivity contribution in [1.29, 1.82) is 0 Å². The topological polar surface area (TPSA) is 75.3 Å². The molecule has 0 heterocycles. The Hall–Kier alpha value is -2.25. The number of aryl methyl sites for hydroxylation is 1. The fourth-order valence-electron chi connectivity index (χ4n) is 2.14. The first kappa shape index (κ1) is 18.1. The van der Waals surface area contributed by atoms with Crippen molar-refractivity contribution in [1.82, 2.24) is 4.72 Å². The second-order valence-electron chi connectivity index (χ2n) is 5.17. The number of benzene rings is 2. The van der Waals surface area contributed by atoms with Gasteiger partial charge < -0.3 is 5.32 Å². The minimum absolute atomic E-state index is 0.148. The first-order chi connectivity index (χ1) is 11.4. The maximum Gasteiger partial charge on any atom is 0.240 e. The second-order valence-corrected chi connectivity index (χ2v) is 6.94. The summed E-state index contributed by atoms with van der Waals surface area (Å²) in [6, 6.07) is 12.3. The lowest BCUT2D eigenvalue weighted by atomic mass is 10.1. The zero-order valence-electron chi connectivity index (χ0n) is 13.3. The van der Waals surface area contributed by atoms with Gasteiger partial charge in [-0.1, -0.05) is 31.2 Å². The number of amides is 1. The van der Waals surface area contributed by atoms with Crippen LogP contribution in [0, 0.1) is 5.82 Å². The first-order valence-corrected chi connectivity index (χ1v) is 9.03. The number of hydrogen-bond donors (Lipinski definition) is 2. The third kappa shape index (κ3) is 4.87. The van der Waals surface area contributed by atoms with Gasteiger partial charge in [0.15, 0.2) is 0 Å². The molecule has 0 atom stereocenters. The standard InChI is InChI=1S/C17H19FN2O3S/c1-2-19-24(22,23)14-10-7-13(8-11-14)9-12-17(21)20-16-6-4-3-5-15(16)18/h3-8,10-11,19H,2,9,12H2,1H3,(H,20,21). The van der Waals surface area contributed by atoms with Crippen LogP contribution < -0.4 is 10.0 Å². The summed E-state index contributed by atoms with van der Waals surface area (Å²) < 4.78 is 39.5. The minimum atomic E-state index is -3.47. The fraction of sp³-hybridized carbons (Fsp3) is 0.235. The number of anilines is 1. The molecule has 0 saturated heterocycles. The molecule has 0 aliphatic heterocycles. The number of rotatable bonds is 7. The Kier molecular flexibility index (Phi) is 6.05. The highest BCUT2D eigenvalue weighted by Crippen LogP contribution is 2.14. The number of carbonyl (C=O) groups is 1. The van der Waals surface area contributed by atoms with Crippen molar-refractivity contribution in [2.75, 3.05) is 11.9 Å². The Morgan fingerprint density at radius 3 is 2.38 bits per heavy atom. The van der Waals surface area contributed by atoms with Crippen LogP contribution in [0.2, 0.25) is 0 Å². The van der Waals surface area contributed by atoms with Gasteiger partial charge in [-0.2, -0.15) is 0 Å². The van der Waals surface area contributed by atoms with Gasteiger partial charge in [0.25, 0.3) is 0 Å². The average molecular weight is 350 g/mol. The molecule has 24 heavy (non-hydrogen) atoms. The molecule has 2 aromatic rings. The highest BCUT2D eigenvalue weighted by molar-refractivity contribution is 7.89. The summed E-state index contributed by atoms with van der Waals surface area (Å²) in [4.78, 5) is 12.0. The van der Waals surface area contributed by atoms with Gasteiger partial charge in [0.1, 0.15) is 5.82 Å². The normalized spacial score (nSPS) is 11.2. The molecular formula is C17H19FN2O3S. The summed E-state index contributed by atoms with van der Waals surface area (Å²) in [5.41, 5.74) is 0.976. The van der Waals surface area contributed by atoms with E-state index in [0.29, 0.717) is 13.0 Å². The summed E-state index contributed by atoms with van der Waals surface area (Å²) in [6.07, 6.45) is 0.607. The molecule has 0 aromatic heterocycles. The molecule has 0 aliphatic rings. The van der Waals surface area contributed by atoms with Crippen molar-refractivity contribution in [2.24, 2.45) is 0 Å². The number of hydrogen-bond acceptors (Lipinski definition) is 3. The lowest BCUT2D eigenvalue weighted by Gasteiger charge is -2.07. The van der Waals surface area contributed by atoms with Crippen molar-refractivity contribution >= 4 is 21.6 Å². The van der Waals surface area contributed by atoms with Crippen molar-refractivity contribution in [3.05, 3.63) is 59.9 Å². The summed E-state index contributed by atoms with van der Waals surface area (Å²) in [5, 5.41) is 2.51. The van der Waals surface area contributed by atoms with Crippen LogP contribution in [0.1, 0.15) is 18.9 Å². The maximum absolute atomic E-state index is 13.5. The molecule has 128 valence electrons. The summed E-state index contributed by atoms with van der Waals surface area (Å²) in [5.74, 6) is -0.784. The van der Waals surface area contributed by atoms with Crippen LogP contribution in [0.5, 0.6) is 0 Å². The average Bonchev–Trinajstić information content (AvgIpc) is 2.55. The molecule has 0 radical (unpaired) electrons. The van der Waals surface area contributed by atoms with E-state index in [1.165, 1.54) is 24.3 Å².